The van der Waals surface area contributed by atoms with E-state index in [1.807, 2.05) is 19.3 Å². The fourth-order valence-electron chi connectivity index (χ4n) is 2.73. The number of nitrogens with one attached hydrogen (secondary N) is 1. The van der Waals surface area contributed by atoms with Crippen LogP contribution in [0.3, 0.4) is 0 Å². The van der Waals surface area contributed by atoms with Crippen molar-refractivity contribution in [3.05, 3.63) is 48.5 Å². The number of benzene rings is 1. The van der Waals surface area contributed by atoms with Crippen molar-refractivity contribution >= 4 is 28.3 Å². The number of aromatic amines is 1. The topological polar surface area (TPSA) is 46.0 Å². The molecule has 1 N–H and O–H groups in total. The minimum Gasteiger partial charge on any atom is -0.306 e. The molecule has 3 aromatic heterocycles. The summed E-state index contributed by atoms with van der Waals surface area (Å²) >= 11 is 1.75. The summed E-state index contributed by atoms with van der Waals surface area (Å²) < 4.78 is 2.08. The Kier molecular flexibility index (Phi) is 2.75. The average molecular weight is 294 g/mol. The van der Waals surface area contributed by atoms with Crippen LogP contribution in [0.15, 0.2) is 47.8 Å². The van der Waals surface area contributed by atoms with Gasteiger partial charge in [-0.05, 0) is 37.4 Å². The van der Waals surface area contributed by atoms with Gasteiger partial charge >= 0.3 is 0 Å². The molecule has 1 aromatic carbocycles. The van der Waals surface area contributed by atoms with Gasteiger partial charge in [-0.1, -0.05) is 0 Å². The molecule has 0 atom stereocenters. The standard InChI is InChI=1S/C16H14N4S/c1-10-8-20-9-11(3-6-15(20)18-10)16-12-7-17-19-13(12)4-5-14(16)21-2/h3-9H,1-2H3,(H,17,19). The van der Waals surface area contributed by atoms with Crippen molar-refractivity contribution in [3.63, 3.8) is 0 Å². The van der Waals surface area contributed by atoms with Gasteiger partial charge in [-0.2, -0.15) is 5.10 Å². The van der Waals surface area contributed by atoms with E-state index in [0.29, 0.717) is 0 Å². The van der Waals surface area contributed by atoms with Gasteiger partial charge in [-0.15, -0.1) is 11.8 Å². The average Bonchev–Trinajstić information content (AvgIpc) is 3.09. The van der Waals surface area contributed by atoms with Gasteiger partial charge in [0.1, 0.15) is 5.65 Å². The number of imidazole rings is 1. The first-order valence-electron chi connectivity index (χ1n) is 6.72. The molecule has 0 radical (unpaired) electrons. The molecule has 0 aliphatic heterocycles. The Labute approximate surface area is 126 Å². The molecule has 0 spiro atoms. The second-order valence-electron chi connectivity index (χ2n) is 5.04. The van der Waals surface area contributed by atoms with Gasteiger partial charge in [-0.25, -0.2) is 4.98 Å². The first-order valence-corrected chi connectivity index (χ1v) is 7.94. The highest BCUT2D eigenvalue weighted by Crippen LogP contribution is 2.36. The zero-order valence-corrected chi connectivity index (χ0v) is 12.6. The van der Waals surface area contributed by atoms with E-state index in [1.54, 1.807) is 11.8 Å². The monoisotopic (exact) mass is 294 g/mol. The van der Waals surface area contributed by atoms with Gasteiger partial charge in [-0.3, -0.25) is 5.10 Å². The van der Waals surface area contributed by atoms with E-state index >= 15 is 0 Å². The van der Waals surface area contributed by atoms with E-state index in [0.717, 1.165) is 22.2 Å². The van der Waals surface area contributed by atoms with Crippen molar-refractivity contribution in [3.8, 4) is 11.1 Å². The van der Waals surface area contributed by atoms with E-state index < -0.39 is 0 Å². The summed E-state index contributed by atoms with van der Waals surface area (Å²) in [5.74, 6) is 0. The van der Waals surface area contributed by atoms with Crippen LogP contribution in [-0.4, -0.2) is 25.8 Å². The SMILES string of the molecule is CSc1ccc2[nH]ncc2c1-c1ccc2nc(C)cn2c1. The molecule has 0 unspecified atom stereocenters. The van der Waals surface area contributed by atoms with Crippen LogP contribution in [0.25, 0.3) is 27.7 Å². The van der Waals surface area contributed by atoms with Gasteiger partial charge in [0.2, 0.25) is 0 Å². The molecule has 0 saturated carbocycles. The van der Waals surface area contributed by atoms with Crippen LogP contribution in [0.2, 0.25) is 0 Å². The number of H-pyrrole nitrogens is 1. The summed E-state index contributed by atoms with van der Waals surface area (Å²) in [7, 11) is 0. The van der Waals surface area contributed by atoms with Crippen molar-refractivity contribution in [1.82, 2.24) is 19.6 Å². The number of fused-ring (bicyclic) bond motifs is 2. The van der Waals surface area contributed by atoms with Gasteiger partial charge < -0.3 is 4.40 Å². The third-order valence-electron chi connectivity index (χ3n) is 3.67. The minimum absolute atomic E-state index is 0.973. The van der Waals surface area contributed by atoms with Crippen LogP contribution >= 0.6 is 11.8 Å². The second-order valence-corrected chi connectivity index (χ2v) is 5.89. The summed E-state index contributed by atoms with van der Waals surface area (Å²) in [6, 6.07) is 8.41. The smallest absolute Gasteiger partial charge is 0.136 e. The van der Waals surface area contributed by atoms with E-state index in [1.165, 1.54) is 16.0 Å². The van der Waals surface area contributed by atoms with Gasteiger partial charge in [0.05, 0.1) is 17.4 Å². The van der Waals surface area contributed by atoms with Crippen LogP contribution in [0.5, 0.6) is 0 Å². The lowest BCUT2D eigenvalue weighted by Gasteiger charge is -2.09. The van der Waals surface area contributed by atoms with Crippen LogP contribution in [-0.2, 0) is 0 Å². The zero-order chi connectivity index (χ0) is 14.4. The molecule has 0 saturated heterocycles. The molecule has 0 aliphatic rings. The van der Waals surface area contributed by atoms with Crippen molar-refractivity contribution in [1.29, 1.82) is 0 Å². The van der Waals surface area contributed by atoms with E-state index in [-0.39, 0.29) is 0 Å². The number of rotatable bonds is 2. The Morgan fingerprint density at radius 3 is 2.90 bits per heavy atom. The number of pyridine rings is 1. The molecule has 4 nitrogen and oxygen atoms in total. The van der Waals surface area contributed by atoms with E-state index in [4.69, 9.17) is 0 Å². The fourth-order valence-corrected chi connectivity index (χ4v) is 3.37. The Morgan fingerprint density at radius 1 is 1.14 bits per heavy atom. The Balaban J connectivity index is 2.04. The molecule has 0 amide bonds. The van der Waals surface area contributed by atoms with Gasteiger partial charge in [0.25, 0.3) is 0 Å². The lowest BCUT2D eigenvalue weighted by atomic mass is 10.0. The molecule has 21 heavy (non-hydrogen) atoms. The van der Waals surface area contributed by atoms with Crippen LogP contribution in [0, 0.1) is 6.92 Å². The minimum atomic E-state index is 0.973. The molecule has 0 bridgehead atoms. The predicted molar refractivity (Wildman–Crippen MR) is 86.8 cm³/mol. The van der Waals surface area contributed by atoms with E-state index in [2.05, 4.69) is 56.3 Å². The van der Waals surface area contributed by atoms with Crippen molar-refractivity contribution in [2.24, 2.45) is 0 Å². The maximum Gasteiger partial charge on any atom is 0.136 e. The number of nitrogens with zero attached hydrogens (tertiary/aromatic N) is 3. The largest absolute Gasteiger partial charge is 0.306 e. The quantitative estimate of drug-likeness (QED) is 0.570. The molecule has 0 aliphatic carbocycles. The van der Waals surface area contributed by atoms with Crippen LogP contribution in [0.4, 0.5) is 0 Å². The highest BCUT2D eigenvalue weighted by molar-refractivity contribution is 7.98. The number of hydrogen-bond acceptors (Lipinski definition) is 3. The predicted octanol–water partition coefficient (Wildman–Crippen LogP) is 3.91. The van der Waals surface area contributed by atoms with Crippen LogP contribution < -0.4 is 0 Å². The molecule has 4 rings (SSSR count). The number of aryl methyl sites for hydroxylation is 1. The summed E-state index contributed by atoms with van der Waals surface area (Å²) in [6.45, 7) is 2.01. The molecule has 3 heterocycles. The van der Waals surface area contributed by atoms with Crippen molar-refractivity contribution < 1.29 is 0 Å². The van der Waals surface area contributed by atoms with Crippen molar-refractivity contribution in [2.45, 2.75) is 11.8 Å². The Bertz CT molecular complexity index is 951. The molecule has 0 fully saturated rings. The molecular weight excluding hydrogens is 280 g/mol. The van der Waals surface area contributed by atoms with E-state index in [9.17, 15) is 0 Å². The zero-order valence-electron chi connectivity index (χ0n) is 11.8. The normalized spacial score (nSPS) is 11.5. The third-order valence-corrected chi connectivity index (χ3v) is 4.45. The van der Waals surface area contributed by atoms with Gasteiger partial charge in [0.15, 0.2) is 0 Å². The second kappa shape index (κ2) is 4.63. The third kappa shape index (κ3) is 1.93. The maximum atomic E-state index is 4.48. The van der Waals surface area contributed by atoms with Crippen LogP contribution in [0.1, 0.15) is 5.69 Å². The summed E-state index contributed by atoms with van der Waals surface area (Å²) in [5.41, 5.74) is 5.46. The molecule has 4 aromatic rings. The highest BCUT2D eigenvalue weighted by atomic mass is 32.2. The van der Waals surface area contributed by atoms with Gasteiger partial charge in [0, 0.05) is 33.8 Å². The lowest BCUT2D eigenvalue weighted by molar-refractivity contribution is 1.12. The number of aromatic nitrogens is 4. The summed E-state index contributed by atoms with van der Waals surface area (Å²) in [6.07, 6.45) is 8.18. The lowest BCUT2D eigenvalue weighted by Crippen LogP contribution is -1.88. The molecular formula is C16H14N4S. The Hall–Kier alpha value is -2.27. The number of hydrogen-bond donors (Lipinski definition) is 1. The summed E-state index contributed by atoms with van der Waals surface area (Å²) in [5, 5.41) is 8.37. The summed E-state index contributed by atoms with van der Waals surface area (Å²) in [4.78, 5) is 5.73. The molecule has 104 valence electrons. The fraction of sp³-hybridized carbons (Fsp3) is 0.125. The molecule has 5 heteroatoms. The first kappa shape index (κ1) is 12.5. The Morgan fingerprint density at radius 2 is 2.05 bits per heavy atom. The maximum absolute atomic E-state index is 4.48. The highest BCUT2D eigenvalue weighted by Gasteiger charge is 2.12. The first-order chi connectivity index (χ1) is 10.3. The number of thioether (sulfide) groups is 1. The van der Waals surface area contributed by atoms with Crippen molar-refractivity contribution in [2.75, 3.05) is 6.26 Å².